The third kappa shape index (κ3) is 13.0. The van der Waals surface area contributed by atoms with Crippen molar-refractivity contribution < 1.29 is 47.0 Å². The minimum atomic E-state index is -2.50. The maximum absolute atomic E-state index is 14.6. The molecule has 1 fully saturated rings. The summed E-state index contributed by atoms with van der Waals surface area (Å²) in [6.45, 7) is 29.8. The maximum atomic E-state index is 14.6. The van der Waals surface area contributed by atoms with Gasteiger partial charge in [0.05, 0.1) is 31.0 Å². The summed E-state index contributed by atoms with van der Waals surface area (Å²) in [5.74, 6) is -0.919. The Morgan fingerprint density at radius 2 is 1.45 bits per heavy atom. The molecular formula is C45H73N5O10Si2. The number of hydrogen-bond donors (Lipinski definition) is 4. The Morgan fingerprint density at radius 3 is 1.97 bits per heavy atom. The van der Waals surface area contributed by atoms with Crippen molar-refractivity contribution in [3.05, 3.63) is 47.5 Å². The van der Waals surface area contributed by atoms with E-state index in [9.17, 15) is 24.0 Å². The number of hydrogen-bond acceptors (Lipinski definition) is 10. The van der Waals surface area contributed by atoms with Crippen molar-refractivity contribution in [2.24, 2.45) is 11.7 Å². The molecule has 15 nitrogen and oxygen atoms in total. The lowest BCUT2D eigenvalue weighted by atomic mass is 10.1. The van der Waals surface area contributed by atoms with Gasteiger partial charge in [-0.1, -0.05) is 88.3 Å². The number of likely N-dealkylation sites (tertiary alicyclic amines) is 1. The Bertz CT molecular complexity index is 1860. The first-order valence-electron chi connectivity index (χ1n) is 21.7. The van der Waals surface area contributed by atoms with Crippen LogP contribution in [0.4, 0.5) is 21.0 Å². The molecule has 62 heavy (non-hydrogen) atoms. The zero-order valence-corrected chi connectivity index (χ0v) is 41.6. The summed E-state index contributed by atoms with van der Waals surface area (Å²) < 4.78 is 30.1. The number of nitrogens with one attached hydrogen (secondary N) is 3. The van der Waals surface area contributed by atoms with Gasteiger partial charge in [0.25, 0.3) is 20.1 Å². The van der Waals surface area contributed by atoms with Crippen LogP contribution in [0.25, 0.3) is 0 Å². The van der Waals surface area contributed by atoms with E-state index >= 15 is 0 Å². The van der Waals surface area contributed by atoms with Gasteiger partial charge in [-0.3, -0.25) is 19.7 Å². The summed E-state index contributed by atoms with van der Waals surface area (Å²) in [6, 6.07) is 8.90. The van der Waals surface area contributed by atoms with Gasteiger partial charge >= 0.3 is 12.2 Å². The van der Waals surface area contributed by atoms with Crippen LogP contribution in [0.15, 0.2) is 36.4 Å². The fourth-order valence-electron chi connectivity index (χ4n) is 7.78. The van der Waals surface area contributed by atoms with E-state index in [-0.39, 0.29) is 57.4 Å². The molecule has 17 heteroatoms. The third-order valence-corrected chi connectivity index (χ3v) is 22.8. The molecule has 0 bridgehead atoms. The molecule has 1 aliphatic heterocycles. The van der Waals surface area contributed by atoms with Crippen LogP contribution >= 0.6 is 0 Å². The van der Waals surface area contributed by atoms with Gasteiger partial charge in [0.1, 0.15) is 18.4 Å². The highest BCUT2D eigenvalue weighted by Gasteiger charge is 2.48. The van der Waals surface area contributed by atoms with Crippen LogP contribution in [-0.2, 0) is 30.1 Å². The third-order valence-electron chi connectivity index (χ3n) is 12.3. The highest BCUT2D eigenvalue weighted by molar-refractivity contribution is 6.78. The summed E-state index contributed by atoms with van der Waals surface area (Å²) in [6.07, 6.45) is -1.39. The molecule has 346 valence electrons. The van der Waals surface area contributed by atoms with E-state index in [1.807, 2.05) is 4.90 Å². The predicted octanol–water partition coefficient (Wildman–Crippen LogP) is 9.19. The van der Waals surface area contributed by atoms with Crippen molar-refractivity contribution in [3.8, 4) is 11.5 Å². The molecule has 0 aliphatic carbocycles. The lowest BCUT2D eigenvalue weighted by molar-refractivity contribution is -0.134. The van der Waals surface area contributed by atoms with Gasteiger partial charge in [-0.2, -0.15) is 0 Å². The van der Waals surface area contributed by atoms with Crippen LogP contribution < -0.4 is 30.8 Å². The average molecular weight is 900 g/mol. The van der Waals surface area contributed by atoms with E-state index in [4.69, 9.17) is 28.8 Å². The lowest BCUT2D eigenvalue weighted by Crippen LogP contribution is -2.50. The molecule has 0 spiro atoms. The molecule has 0 aromatic heterocycles. The smallest absolute Gasteiger partial charge is 0.411 e. The highest BCUT2D eigenvalue weighted by Crippen LogP contribution is 2.46. The first-order chi connectivity index (χ1) is 28.7. The molecule has 5 amide bonds. The van der Waals surface area contributed by atoms with Crippen LogP contribution in [0.1, 0.15) is 112 Å². The number of anilines is 2. The first-order valence-corrected chi connectivity index (χ1v) is 26.8. The number of methoxy groups -OCH3 is 1. The minimum Gasteiger partial charge on any atom is -0.540 e. The van der Waals surface area contributed by atoms with Gasteiger partial charge in [-0.05, 0) is 84.2 Å². The fourth-order valence-corrected chi connectivity index (χ4v) is 14.1. The topological polar surface area (TPSA) is 197 Å². The molecule has 3 rings (SSSR count). The van der Waals surface area contributed by atoms with Crippen molar-refractivity contribution in [3.63, 3.8) is 0 Å². The number of benzene rings is 2. The normalized spacial score (nSPS) is 15.7. The molecule has 2 aromatic rings. The van der Waals surface area contributed by atoms with E-state index in [1.54, 1.807) is 57.4 Å². The number of primary amides is 1. The second-order valence-corrected chi connectivity index (χ2v) is 29.2. The van der Waals surface area contributed by atoms with Crippen LogP contribution in [-0.4, -0.2) is 89.9 Å². The summed E-state index contributed by atoms with van der Waals surface area (Å²) in [7, 11) is -3.04. The largest absolute Gasteiger partial charge is 0.540 e. The van der Waals surface area contributed by atoms with Gasteiger partial charge in [-0.25, -0.2) is 9.59 Å². The van der Waals surface area contributed by atoms with Gasteiger partial charge in [0, 0.05) is 18.3 Å². The van der Waals surface area contributed by atoms with Crippen molar-refractivity contribution in [1.82, 2.24) is 10.2 Å². The SMILES string of the molecule is COc1cc(C(=O)N2CCC[C@H]2CO[Si](C)(C)C(C)(C)C)c(NC(=O)OCc2ccc(NC(=O)[C@H](C)NC(=O)[C@@H](OC(N)=O)C(C)C)cc2)cc1O[Si](C(C)C)(C(C)C)C(C)C. The summed E-state index contributed by atoms with van der Waals surface area (Å²) in [4.78, 5) is 66.8. The maximum Gasteiger partial charge on any atom is 0.411 e. The molecule has 0 unspecified atom stereocenters. The Kier molecular flexibility index (Phi) is 18.1. The second kappa shape index (κ2) is 21.6. The van der Waals surface area contributed by atoms with E-state index in [2.05, 4.69) is 91.4 Å². The number of carbonyl (C=O) groups excluding carboxylic acids is 5. The van der Waals surface area contributed by atoms with E-state index in [1.165, 1.54) is 6.92 Å². The Hall–Kier alpha value is -4.62. The van der Waals surface area contributed by atoms with E-state index in [0.717, 1.165) is 12.8 Å². The quantitative estimate of drug-likeness (QED) is 0.0987. The number of amides is 5. The fraction of sp³-hybridized carbons (Fsp3) is 0.622. The zero-order valence-electron chi connectivity index (χ0n) is 39.6. The number of nitrogens with zero attached hydrogens (tertiary/aromatic N) is 1. The Morgan fingerprint density at radius 1 is 0.855 bits per heavy atom. The van der Waals surface area contributed by atoms with Gasteiger partial charge in [0.2, 0.25) is 5.91 Å². The first kappa shape index (κ1) is 51.7. The number of rotatable bonds is 19. The molecule has 0 radical (unpaired) electrons. The van der Waals surface area contributed by atoms with Crippen LogP contribution in [0.2, 0.25) is 34.8 Å². The average Bonchev–Trinajstić information content (AvgIpc) is 3.65. The van der Waals surface area contributed by atoms with Gasteiger partial charge < -0.3 is 44.3 Å². The van der Waals surface area contributed by atoms with E-state index in [0.29, 0.717) is 35.9 Å². The Balaban J connectivity index is 1.86. The molecule has 0 saturated carbocycles. The van der Waals surface area contributed by atoms with Crippen LogP contribution in [0, 0.1) is 5.92 Å². The second-order valence-electron chi connectivity index (χ2n) is 19.1. The van der Waals surface area contributed by atoms with Crippen molar-refractivity contribution in [2.45, 2.75) is 155 Å². The zero-order chi connectivity index (χ0) is 46.9. The number of ether oxygens (including phenoxy) is 3. The molecule has 2 aromatic carbocycles. The monoisotopic (exact) mass is 899 g/mol. The molecular weight excluding hydrogens is 827 g/mol. The summed E-state index contributed by atoms with van der Waals surface area (Å²) in [5.41, 5.74) is 7.40. The highest BCUT2D eigenvalue weighted by atomic mass is 28.4. The lowest BCUT2D eigenvalue weighted by Gasteiger charge is -2.42. The number of nitrogens with two attached hydrogens (primary N) is 1. The Labute approximate surface area is 371 Å². The minimum absolute atomic E-state index is 0.0162. The molecule has 1 saturated heterocycles. The van der Waals surface area contributed by atoms with Crippen molar-refractivity contribution in [1.29, 1.82) is 0 Å². The summed E-state index contributed by atoms with van der Waals surface area (Å²) >= 11 is 0. The standard InChI is InChI=1S/C45H73N5O10Si2/c1-27(2)39(59-43(46)54)41(52)47-31(9)40(51)48-33-20-18-32(19-21-33)25-57-44(55)49-36-24-38(60-62(28(3)4,29(5)6)30(7)8)37(56-13)23-35(36)42(53)50-22-16-17-34(50)26-58-61(14,15)45(10,11)12/h18-21,23-24,27-31,34,39H,16-17,22,25-26H2,1-15H3,(H2,46,54)(H,47,52)(H,48,51)(H,49,55)/t31-,34-,39-/m0/s1. The molecule has 1 heterocycles. The van der Waals surface area contributed by atoms with Crippen molar-refractivity contribution in [2.75, 3.05) is 30.9 Å². The van der Waals surface area contributed by atoms with Gasteiger partial charge in [-0.15, -0.1) is 0 Å². The van der Waals surface area contributed by atoms with Crippen LogP contribution in [0.3, 0.4) is 0 Å². The van der Waals surface area contributed by atoms with Crippen LogP contribution in [0.5, 0.6) is 11.5 Å². The molecule has 5 N–H and O–H groups in total. The van der Waals surface area contributed by atoms with Gasteiger partial charge in [0.15, 0.2) is 20.2 Å². The molecule has 1 aliphatic rings. The summed E-state index contributed by atoms with van der Waals surface area (Å²) in [5, 5.41) is 8.14. The number of carbonyl (C=O) groups is 5. The van der Waals surface area contributed by atoms with E-state index < -0.39 is 52.8 Å². The van der Waals surface area contributed by atoms with Crippen molar-refractivity contribution >= 4 is 57.9 Å². The molecule has 3 atom stereocenters. The predicted molar refractivity (Wildman–Crippen MR) is 248 cm³/mol.